The summed E-state index contributed by atoms with van der Waals surface area (Å²) >= 11 is 0. The lowest BCUT2D eigenvalue weighted by Crippen LogP contribution is -2.05. The van der Waals surface area contributed by atoms with Crippen LogP contribution in [0.5, 0.6) is 69.0 Å². The number of fused-ring (bicyclic) bond motifs is 12. The minimum Gasteiger partial charge on any atom is -0.507 e. The van der Waals surface area contributed by atoms with Crippen LogP contribution in [0.25, 0.3) is 0 Å². The maximum Gasteiger partial charge on any atom is 0.122 e. The summed E-state index contributed by atoms with van der Waals surface area (Å²) in [7, 11) is 0. The van der Waals surface area contributed by atoms with Crippen molar-refractivity contribution in [1.29, 1.82) is 0 Å². The predicted octanol–water partition coefficient (Wildman–Crippen LogP) is 17.3. The van der Waals surface area contributed by atoms with Gasteiger partial charge in [-0.15, -0.1) is 0 Å². The number of benzene rings is 12. The second kappa shape index (κ2) is 29.5. The first-order valence-corrected chi connectivity index (χ1v) is 32.1. The fraction of sp³-hybridized carbons (Fsp3) is 0.143. The van der Waals surface area contributed by atoms with E-state index in [1.807, 2.05) is 182 Å². The number of hydrogen-bond donors (Lipinski definition) is 6. The van der Waals surface area contributed by atoms with Gasteiger partial charge in [0.2, 0.25) is 0 Å². The Balaban J connectivity index is 1.00. The highest BCUT2D eigenvalue weighted by Gasteiger charge is 2.25. The van der Waals surface area contributed by atoms with Crippen LogP contribution in [-0.2, 0) is 78.2 Å². The van der Waals surface area contributed by atoms with Gasteiger partial charge in [0.15, 0.2) is 0 Å². The molecule has 12 heteroatoms. The summed E-state index contributed by atoms with van der Waals surface area (Å²) in [5.74, 6) is 1.98. The van der Waals surface area contributed by atoms with Crippen LogP contribution in [0.3, 0.4) is 0 Å². The second-order valence-corrected chi connectivity index (χ2v) is 24.2. The molecule has 1 aliphatic rings. The van der Waals surface area contributed by atoms with Gasteiger partial charge < -0.3 is 59.1 Å². The van der Waals surface area contributed by atoms with Gasteiger partial charge >= 0.3 is 0 Å². The fourth-order valence-corrected chi connectivity index (χ4v) is 12.2. The van der Waals surface area contributed by atoms with Crippen molar-refractivity contribution in [1.82, 2.24) is 0 Å². The quantitative estimate of drug-likeness (QED) is 0.0480. The maximum atomic E-state index is 12.8. The van der Waals surface area contributed by atoms with E-state index in [0.29, 0.717) is 101 Å². The van der Waals surface area contributed by atoms with E-state index in [-0.39, 0.29) is 113 Å². The molecule has 1 aliphatic carbocycles. The van der Waals surface area contributed by atoms with Crippen LogP contribution in [0.15, 0.2) is 255 Å². The summed E-state index contributed by atoms with van der Waals surface area (Å²) in [6.07, 6.45) is -0.129. The molecule has 0 aliphatic heterocycles. The van der Waals surface area contributed by atoms with Crippen molar-refractivity contribution < 1.29 is 59.1 Å². The molecule has 0 amide bonds. The van der Waals surface area contributed by atoms with Crippen molar-refractivity contribution in [2.45, 2.75) is 78.2 Å². The summed E-state index contributed by atoms with van der Waals surface area (Å²) in [4.78, 5) is 0. The molecule has 0 heterocycles. The molecule has 480 valence electrons. The monoisotopic (exact) mass is 1270 g/mol. The van der Waals surface area contributed by atoms with E-state index < -0.39 is 0 Å². The first-order chi connectivity index (χ1) is 47.0. The molecule has 6 N–H and O–H groups in total. The van der Waals surface area contributed by atoms with Gasteiger partial charge in [0.25, 0.3) is 0 Å². The van der Waals surface area contributed by atoms with Crippen molar-refractivity contribution >= 4 is 0 Å². The Morgan fingerprint density at radius 3 is 0.406 bits per heavy atom. The molecular formula is C84H72O12. The van der Waals surface area contributed by atoms with Crippen LogP contribution < -0.4 is 28.4 Å². The highest BCUT2D eigenvalue weighted by molar-refractivity contribution is 5.61. The Bertz CT molecular complexity index is 3730. The summed E-state index contributed by atoms with van der Waals surface area (Å²) in [6, 6.07) is 79.5. The van der Waals surface area contributed by atoms with E-state index in [0.717, 1.165) is 33.4 Å². The Morgan fingerprint density at radius 2 is 0.292 bits per heavy atom. The summed E-state index contributed by atoms with van der Waals surface area (Å²) in [6.45, 7) is 1.21. The summed E-state index contributed by atoms with van der Waals surface area (Å²) in [5, 5.41) is 76.6. The molecule has 0 unspecified atom stereocenters. The van der Waals surface area contributed by atoms with Gasteiger partial charge in [-0.05, 0) is 106 Å². The molecule has 0 radical (unpaired) electrons. The number of rotatable bonds is 18. The molecule has 12 aromatic carbocycles. The van der Waals surface area contributed by atoms with E-state index in [4.69, 9.17) is 28.4 Å². The Labute approximate surface area is 558 Å². The molecule has 12 bridgehead atoms. The predicted molar refractivity (Wildman–Crippen MR) is 370 cm³/mol. The van der Waals surface area contributed by atoms with Crippen LogP contribution in [-0.4, -0.2) is 30.6 Å². The molecule has 0 spiro atoms. The van der Waals surface area contributed by atoms with Crippen LogP contribution in [0, 0.1) is 0 Å². The van der Waals surface area contributed by atoms with Gasteiger partial charge in [-0.1, -0.05) is 182 Å². The minimum atomic E-state index is -0.0965. The zero-order valence-electron chi connectivity index (χ0n) is 52.9. The summed E-state index contributed by atoms with van der Waals surface area (Å²) in [5.41, 5.74) is 10.4. The molecular weight excluding hydrogens is 1200 g/mol. The Morgan fingerprint density at radius 1 is 0.177 bits per heavy atom. The van der Waals surface area contributed by atoms with Gasteiger partial charge in [-0.25, -0.2) is 0 Å². The smallest absolute Gasteiger partial charge is 0.122 e. The van der Waals surface area contributed by atoms with Gasteiger partial charge in [0.05, 0.1) is 0 Å². The Hall–Kier alpha value is -11.8. The highest BCUT2D eigenvalue weighted by Crippen LogP contribution is 2.44. The average Bonchev–Trinajstić information content (AvgIpc) is 1.45. The molecule has 0 saturated heterocycles. The van der Waals surface area contributed by atoms with E-state index in [2.05, 4.69) is 0 Å². The van der Waals surface area contributed by atoms with Crippen LogP contribution in [0.4, 0.5) is 0 Å². The van der Waals surface area contributed by atoms with E-state index in [1.54, 1.807) is 72.8 Å². The molecule has 0 atom stereocenters. The molecule has 12 aromatic rings. The number of hydrogen-bond acceptors (Lipinski definition) is 12. The van der Waals surface area contributed by atoms with Crippen molar-refractivity contribution in [2.24, 2.45) is 0 Å². The van der Waals surface area contributed by atoms with E-state index in [1.165, 1.54) is 0 Å². The zero-order chi connectivity index (χ0) is 65.7. The third kappa shape index (κ3) is 15.6. The number of ether oxygens (including phenoxy) is 6. The third-order valence-corrected chi connectivity index (χ3v) is 17.2. The second-order valence-electron chi connectivity index (χ2n) is 24.2. The zero-order valence-corrected chi connectivity index (χ0v) is 52.9. The topological polar surface area (TPSA) is 177 Å². The SMILES string of the molecule is Oc1c2cc(OCc3ccccc3)cc1Cc1cc(OCc3ccccc3)cc(c1O)Cc1cc(OCc3ccccc3)cc(c1O)Cc1cc(OCc3ccccc3)cc(c1O)Cc1cc(OCc3ccccc3)cc(c1O)Cc1cc(OCc3ccccc3)cc(c1O)C2. The third-order valence-electron chi connectivity index (χ3n) is 17.2. The lowest BCUT2D eigenvalue weighted by molar-refractivity contribution is 0.304. The first-order valence-electron chi connectivity index (χ1n) is 32.1. The molecule has 13 rings (SSSR count). The van der Waals surface area contributed by atoms with E-state index in [9.17, 15) is 30.6 Å². The van der Waals surface area contributed by atoms with Gasteiger partial charge in [-0.3, -0.25) is 0 Å². The standard InChI is InChI=1S/C84H72O12/c85-79-61-31-63-39-74(92-50-56-21-9-2-10-22-56)41-65(80(63)86)33-67-43-76(94-52-58-25-13-4-14-26-58)45-69(82(67)88)35-71-47-78(96-54-60-29-17-6-18-30-60)48-72(84(71)90)36-70-46-77(95-53-59-27-15-5-16-28-59)44-68(83(70)89)34-66-42-75(93-51-57-23-11-3-12-24-57)40-64(81(66)87)32-62(79)38-73(37-61)91-49-55-19-7-1-8-20-55/h1-30,37-48,85-90H,31-36,49-54H2. The van der Waals surface area contributed by atoms with Crippen molar-refractivity contribution in [2.75, 3.05) is 0 Å². The largest absolute Gasteiger partial charge is 0.507 e. The van der Waals surface area contributed by atoms with Crippen LogP contribution >= 0.6 is 0 Å². The van der Waals surface area contributed by atoms with Crippen molar-refractivity contribution in [3.05, 3.63) is 355 Å². The number of aromatic hydroxyl groups is 6. The lowest BCUT2D eigenvalue weighted by Gasteiger charge is -2.20. The van der Waals surface area contributed by atoms with Gasteiger partial charge in [0.1, 0.15) is 109 Å². The normalized spacial score (nSPS) is 12.0. The van der Waals surface area contributed by atoms with Gasteiger partial charge in [-0.2, -0.15) is 0 Å². The van der Waals surface area contributed by atoms with Gasteiger partial charge in [0, 0.05) is 105 Å². The lowest BCUT2D eigenvalue weighted by atomic mass is 9.91. The van der Waals surface area contributed by atoms with Crippen molar-refractivity contribution in [3.8, 4) is 69.0 Å². The fourth-order valence-electron chi connectivity index (χ4n) is 12.2. The van der Waals surface area contributed by atoms with E-state index >= 15 is 0 Å². The molecule has 12 nitrogen and oxygen atoms in total. The number of phenolic OH excluding ortho intramolecular Hbond substituents is 6. The Kier molecular flexibility index (Phi) is 19.3. The molecule has 0 saturated carbocycles. The average molecular weight is 1270 g/mol. The van der Waals surface area contributed by atoms with Crippen molar-refractivity contribution in [3.63, 3.8) is 0 Å². The molecule has 96 heavy (non-hydrogen) atoms. The number of phenols is 6. The molecule has 0 fully saturated rings. The van der Waals surface area contributed by atoms with Crippen LogP contribution in [0.2, 0.25) is 0 Å². The highest BCUT2D eigenvalue weighted by atomic mass is 16.5. The summed E-state index contributed by atoms with van der Waals surface area (Å²) < 4.78 is 39.4. The first kappa shape index (κ1) is 63.0. The maximum absolute atomic E-state index is 12.8. The minimum absolute atomic E-state index is 0.0216. The molecule has 0 aromatic heterocycles. The van der Waals surface area contributed by atoms with Crippen LogP contribution in [0.1, 0.15) is 100 Å².